The van der Waals surface area contributed by atoms with Crippen LogP contribution >= 0.6 is 11.6 Å². The number of fused-ring (bicyclic) bond motifs is 3. The van der Waals surface area contributed by atoms with Crippen LogP contribution in [0.2, 0.25) is 5.02 Å². The van der Waals surface area contributed by atoms with E-state index >= 15 is 4.39 Å². The molecule has 0 radical (unpaired) electrons. The van der Waals surface area contributed by atoms with Gasteiger partial charge in [0.2, 0.25) is 0 Å². The lowest BCUT2D eigenvalue weighted by atomic mass is 9.75. The van der Waals surface area contributed by atoms with E-state index in [4.69, 9.17) is 21.1 Å². The van der Waals surface area contributed by atoms with Crippen LogP contribution in [0.4, 0.5) is 8.78 Å². The fourth-order valence-corrected chi connectivity index (χ4v) is 8.82. The van der Waals surface area contributed by atoms with Gasteiger partial charge < -0.3 is 9.47 Å². The van der Waals surface area contributed by atoms with E-state index in [0.29, 0.717) is 5.02 Å². The van der Waals surface area contributed by atoms with Gasteiger partial charge in [-0.15, -0.1) is 0 Å². The monoisotopic (exact) mass is 570 g/mol. The van der Waals surface area contributed by atoms with Gasteiger partial charge in [0.25, 0.3) is 0 Å². The van der Waals surface area contributed by atoms with Gasteiger partial charge in [-0.05, 0) is 49.2 Å². The van der Waals surface area contributed by atoms with Crippen molar-refractivity contribution in [3.05, 3.63) is 77.2 Å². The Kier molecular flexibility index (Phi) is 6.71. The zero-order valence-electron chi connectivity index (χ0n) is 19.2. The van der Waals surface area contributed by atoms with Gasteiger partial charge in [0.15, 0.2) is 36.3 Å². The van der Waals surface area contributed by atoms with Gasteiger partial charge >= 0.3 is 0 Å². The summed E-state index contributed by atoms with van der Waals surface area (Å²) in [7, 11) is -8.27. The predicted octanol–water partition coefficient (Wildman–Crippen LogP) is 3.74. The molecule has 196 valence electrons. The fraction of sp³-hybridized carbons (Fsp3) is 0.333. The number of sulfone groups is 2. The minimum Gasteiger partial charge on any atom is -0.490 e. The molecule has 0 unspecified atom stereocenters. The number of ether oxygens (including phenoxy) is 2. The number of nitrogens with zero attached hydrogens (tertiary/aromatic N) is 2. The first-order valence-electron chi connectivity index (χ1n) is 11.3. The van der Waals surface area contributed by atoms with Crippen LogP contribution in [-0.2, 0) is 29.2 Å². The van der Waals surface area contributed by atoms with Crippen LogP contribution in [0.15, 0.2) is 64.9 Å². The molecule has 1 fully saturated rings. The highest BCUT2D eigenvalue weighted by molar-refractivity contribution is 7.92. The van der Waals surface area contributed by atoms with Crippen molar-refractivity contribution < 1.29 is 35.1 Å². The van der Waals surface area contributed by atoms with Crippen LogP contribution in [0.3, 0.4) is 0 Å². The second-order valence-corrected chi connectivity index (χ2v) is 13.5. The molecule has 1 saturated heterocycles. The number of aromatic nitrogens is 2. The average molecular weight is 571 g/mol. The van der Waals surface area contributed by atoms with Gasteiger partial charge in [0.05, 0.1) is 35.1 Å². The molecule has 2 aliphatic rings. The Bertz CT molecular complexity index is 1540. The van der Waals surface area contributed by atoms with Gasteiger partial charge in [0, 0.05) is 29.9 Å². The highest BCUT2D eigenvalue weighted by Crippen LogP contribution is 2.56. The molecule has 0 N–H and O–H groups in total. The SMILES string of the molecule is O=S(=O)(CC[C@@H]1OCC[C@@]2(S(=O)(=O)c3ccc(Cl)cc3)c3c(F)ccc(F)c3OC[C@@H]12)c1cnccn1. The summed E-state index contributed by atoms with van der Waals surface area (Å²) < 4.78 is 93.9. The second-order valence-electron chi connectivity index (χ2n) is 8.81. The minimum absolute atomic E-state index is 0.128. The lowest BCUT2D eigenvalue weighted by molar-refractivity contribution is -0.0732. The van der Waals surface area contributed by atoms with Crippen molar-refractivity contribution in [3.8, 4) is 5.75 Å². The highest BCUT2D eigenvalue weighted by Gasteiger charge is 2.61. The molecule has 0 saturated carbocycles. The third-order valence-electron chi connectivity index (χ3n) is 6.88. The van der Waals surface area contributed by atoms with Crippen LogP contribution in [0.5, 0.6) is 5.75 Å². The van der Waals surface area contributed by atoms with E-state index in [1.165, 1.54) is 36.7 Å². The summed E-state index contributed by atoms with van der Waals surface area (Å²) in [6, 6.07) is 7.14. The van der Waals surface area contributed by atoms with E-state index in [0.717, 1.165) is 18.3 Å². The van der Waals surface area contributed by atoms with Crippen LogP contribution in [0.1, 0.15) is 18.4 Å². The first-order valence-corrected chi connectivity index (χ1v) is 14.8. The first kappa shape index (κ1) is 26.0. The van der Waals surface area contributed by atoms with Crippen molar-refractivity contribution in [2.45, 2.75) is 33.6 Å². The quantitative estimate of drug-likeness (QED) is 0.440. The summed E-state index contributed by atoms with van der Waals surface area (Å²) in [6.07, 6.45) is 2.42. The second kappa shape index (κ2) is 9.57. The average Bonchev–Trinajstić information content (AvgIpc) is 2.89. The summed E-state index contributed by atoms with van der Waals surface area (Å²) in [5.74, 6) is -3.77. The van der Waals surface area contributed by atoms with Crippen LogP contribution in [0.25, 0.3) is 0 Å². The molecular formula is C24H21ClF2N2O6S2. The molecule has 3 atom stereocenters. The van der Waals surface area contributed by atoms with Crippen molar-refractivity contribution in [2.24, 2.45) is 5.92 Å². The Balaban J connectivity index is 1.62. The third-order valence-corrected chi connectivity index (χ3v) is 11.3. The summed E-state index contributed by atoms with van der Waals surface area (Å²) in [5.41, 5.74) is -0.413. The molecule has 0 aliphatic carbocycles. The van der Waals surface area contributed by atoms with Crippen LogP contribution in [0, 0.1) is 17.6 Å². The Hall–Kier alpha value is -2.67. The molecule has 1 aromatic heterocycles. The van der Waals surface area contributed by atoms with Crippen molar-refractivity contribution in [1.29, 1.82) is 0 Å². The Morgan fingerprint density at radius 2 is 1.76 bits per heavy atom. The number of halogens is 3. The maximum absolute atomic E-state index is 15.4. The van der Waals surface area contributed by atoms with Gasteiger partial charge in [-0.2, -0.15) is 0 Å². The Labute approximate surface area is 217 Å². The first-order chi connectivity index (χ1) is 17.6. The lowest BCUT2D eigenvalue weighted by Crippen LogP contribution is -2.57. The Morgan fingerprint density at radius 3 is 2.46 bits per heavy atom. The zero-order valence-corrected chi connectivity index (χ0v) is 21.6. The Morgan fingerprint density at radius 1 is 1.03 bits per heavy atom. The maximum Gasteiger partial charge on any atom is 0.197 e. The summed E-state index contributed by atoms with van der Waals surface area (Å²) >= 11 is 5.96. The van der Waals surface area contributed by atoms with Gasteiger partial charge in [-0.1, -0.05) is 11.6 Å². The van der Waals surface area contributed by atoms with E-state index < -0.39 is 65.1 Å². The van der Waals surface area contributed by atoms with Gasteiger partial charge in [-0.25, -0.2) is 30.6 Å². The molecule has 3 heterocycles. The molecule has 0 bridgehead atoms. The molecule has 5 rings (SSSR count). The maximum atomic E-state index is 15.4. The lowest BCUT2D eigenvalue weighted by Gasteiger charge is -2.50. The summed E-state index contributed by atoms with van der Waals surface area (Å²) in [4.78, 5) is 7.48. The number of rotatable bonds is 6. The number of hydrogen-bond donors (Lipinski definition) is 0. The third kappa shape index (κ3) is 4.29. The van der Waals surface area contributed by atoms with Crippen LogP contribution < -0.4 is 4.74 Å². The summed E-state index contributed by atoms with van der Waals surface area (Å²) in [6.45, 7) is -0.454. The largest absolute Gasteiger partial charge is 0.490 e. The zero-order chi connectivity index (χ0) is 26.4. The van der Waals surface area contributed by atoms with Crippen molar-refractivity contribution in [2.75, 3.05) is 19.0 Å². The highest BCUT2D eigenvalue weighted by atomic mass is 35.5. The van der Waals surface area contributed by atoms with E-state index in [1.807, 2.05) is 0 Å². The molecule has 0 amide bonds. The number of hydrogen-bond acceptors (Lipinski definition) is 8. The van der Waals surface area contributed by atoms with E-state index in [9.17, 15) is 21.2 Å². The smallest absolute Gasteiger partial charge is 0.197 e. The molecule has 0 spiro atoms. The van der Waals surface area contributed by atoms with E-state index in [-0.39, 0.29) is 36.0 Å². The molecule has 13 heteroatoms. The molecule has 2 aromatic carbocycles. The summed E-state index contributed by atoms with van der Waals surface area (Å²) in [5, 5.41) is 0.0703. The standard InChI is InChI=1S/C24H21ClF2N2O6S2/c25-15-1-3-16(4-2-15)37(32,33)24-8-11-34-20(7-12-36(30,31)21-13-28-9-10-29-21)17(24)14-35-23-19(27)6-5-18(26)22(23)24/h1-6,9-10,13,17,20H,7-8,11-12,14H2/t17-,20-,24-/m0/s1. The topological polar surface area (TPSA) is 113 Å². The van der Waals surface area contributed by atoms with Gasteiger partial charge in [0.1, 0.15) is 10.6 Å². The molecule has 37 heavy (non-hydrogen) atoms. The van der Waals surface area contributed by atoms with Crippen molar-refractivity contribution >= 4 is 31.3 Å². The fourth-order valence-electron chi connectivity index (χ4n) is 5.16. The molecule has 8 nitrogen and oxygen atoms in total. The minimum atomic E-state index is -4.39. The normalized spacial score (nSPS) is 23.5. The van der Waals surface area contributed by atoms with Crippen molar-refractivity contribution in [1.82, 2.24) is 9.97 Å². The molecular weight excluding hydrogens is 550 g/mol. The van der Waals surface area contributed by atoms with Crippen LogP contribution in [-0.4, -0.2) is 51.9 Å². The number of benzene rings is 2. The van der Waals surface area contributed by atoms with Gasteiger partial charge in [-0.3, -0.25) is 4.98 Å². The van der Waals surface area contributed by atoms with E-state index in [1.54, 1.807) is 0 Å². The molecule has 2 aliphatic heterocycles. The predicted molar refractivity (Wildman–Crippen MR) is 129 cm³/mol. The van der Waals surface area contributed by atoms with E-state index in [2.05, 4.69) is 9.97 Å². The molecule has 3 aromatic rings. The van der Waals surface area contributed by atoms with Crippen molar-refractivity contribution in [3.63, 3.8) is 0 Å².